The molecular formula is C28H19Cl5F5N3O3. The third kappa shape index (κ3) is 7.51. The molecule has 3 N–H and O–H groups in total. The fourth-order valence-electron chi connectivity index (χ4n) is 4.41. The summed E-state index contributed by atoms with van der Waals surface area (Å²) in [6.45, 7) is 0.939. The van der Waals surface area contributed by atoms with Crippen LogP contribution in [0.2, 0.25) is 15.1 Å². The first kappa shape index (κ1) is 34.1. The number of rotatable bonds is 8. The average Bonchev–Trinajstić information content (AvgIpc) is 3.51. The van der Waals surface area contributed by atoms with Gasteiger partial charge in [0.25, 0.3) is 5.91 Å². The minimum absolute atomic E-state index is 0.0969. The molecule has 1 aliphatic carbocycles. The molecule has 1 fully saturated rings. The molecule has 1 saturated carbocycles. The zero-order chi connectivity index (χ0) is 32.7. The van der Waals surface area contributed by atoms with E-state index in [1.807, 2.05) is 0 Å². The topological polar surface area (TPSA) is 87.3 Å². The van der Waals surface area contributed by atoms with Gasteiger partial charge in [-0.25, -0.2) is 8.78 Å². The van der Waals surface area contributed by atoms with Crippen LogP contribution in [0.15, 0.2) is 48.5 Å². The van der Waals surface area contributed by atoms with Crippen LogP contribution in [0.1, 0.15) is 35.2 Å². The van der Waals surface area contributed by atoms with E-state index in [9.17, 15) is 31.9 Å². The van der Waals surface area contributed by atoms with Gasteiger partial charge >= 0.3 is 6.18 Å². The SMILES string of the molecule is CC(CC(F)(F)F)C(=O)Nc1c(F)ccc(NC(=O)c2cc(NC(=O)[C@H]3[C@H](c4ccc(Cl)c(Cl)c4)C3(Cl)Cl)ccc2Cl)c1F. The summed E-state index contributed by atoms with van der Waals surface area (Å²) in [6.07, 6.45) is -6.20. The van der Waals surface area contributed by atoms with Crippen molar-refractivity contribution in [2.45, 2.75) is 29.8 Å². The molecule has 0 bridgehead atoms. The van der Waals surface area contributed by atoms with Crippen molar-refractivity contribution >= 4 is 92.8 Å². The zero-order valence-electron chi connectivity index (χ0n) is 22.1. The van der Waals surface area contributed by atoms with Crippen LogP contribution in [0.25, 0.3) is 0 Å². The van der Waals surface area contributed by atoms with Crippen molar-refractivity contribution in [3.63, 3.8) is 0 Å². The van der Waals surface area contributed by atoms with Gasteiger partial charge in [-0.2, -0.15) is 13.2 Å². The first-order valence-electron chi connectivity index (χ1n) is 12.5. The van der Waals surface area contributed by atoms with E-state index in [4.69, 9.17) is 58.0 Å². The quantitative estimate of drug-likeness (QED) is 0.160. The van der Waals surface area contributed by atoms with Gasteiger partial charge in [-0.3, -0.25) is 14.4 Å². The van der Waals surface area contributed by atoms with Crippen LogP contribution >= 0.6 is 58.0 Å². The Labute approximate surface area is 272 Å². The number of nitrogens with one attached hydrogen (secondary N) is 3. The Morgan fingerprint density at radius 2 is 1.55 bits per heavy atom. The molecule has 3 atom stereocenters. The highest BCUT2D eigenvalue weighted by Gasteiger charge is 2.67. The number of hydrogen-bond donors (Lipinski definition) is 3. The summed E-state index contributed by atoms with van der Waals surface area (Å²) in [5.41, 5.74) is -1.23. The lowest BCUT2D eigenvalue weighted by Crippen LogP contribution is -2.26. The third-order valence-corrected chi connectivity index (χ3v) is 8.70. The standard InChI is InChI=1S/C28H19Cl5F5N3O3/c1-11(10-27(36,37)38)24(42)41-23-18(34)6-7-19(22(23)35)40-25(43)14-9-13(3-5-15(14)29)39-26(44)21-20(28(21,32)33)12-2-4-16(30)17(31)8-12/h2-9,11,20-21H,10H2,1H3,(H,39,44)(H,40,43)(H,41,42)/t11?,20-,21+/m0/s1. The Morgan fingerprint density at radius 3 is 2.18 bits per heavy atom. The highest BCUT2D eigenvalue weighted by atomic mass is 35.5. The molecule has 0 aliphatic heterocycles. The summed E-state index contributed by atoms with van der Waals surface area (Å²) in [5.74, 6) is -8.79. The normalized spacial score (nSPS) is 17.9. The largest absolute Gasteiger partial charge is 0.389 e. The molecule has 0 saturated heterocycles. The molecule has 44 heavy (non-hydrogen) atoms. The molecule has 6 nitrogen and oxygen atoms in total. The fourth-order valence-corrected chi connectivity index (χ4v) is 5.75. The predicted molar refractivity (Wildman–Crippen MR) is 160 cm³/mol. The molecular weight excluding hydrogens is 699 g/mol. The van der Waals surface area contributed by atoms with E-state index in [2.05, 4.69) is 10.6 Å². The van der Waals surface area contributed by atoms with Gasteiger partial charge in [-0.15, -0.1) is 23.2 Å². The van der Waals surface area contributed by atoms with Gasteiger partial charge in [-0.1, -0.05) is 47.8 Å². The van der Waals surface area contributed by atoms with Crippen LogP contribution in [0.5, 0.6) is 0 Å². The first-order chi connectivity index (χ1) is 20.4. The number of carbonyl (C=O) groups excluding carboxylic acids is 3. The molecule has 0 aromatic heterocycles. The van der Waals surface area contributed by atoms with Crippen molar-refractivity contribution in [3.8, 4) is 0 Å². The summed E-state index contributed by atoms with van der Waals surface area (Å²) in [5, 5.41) is 6.99. The molecule has 234 valence electrons. The second kappa shape index (κ2) is 12.9. The van der Waals surface area contributed by atoms with Crippen molar-refractivity contribution < 1.29 is 36.3 Å². The van der Waals surface area contributed by atoms with Gasteiger partial charge in [0.1, 0.15) is 15.8 Å². The van der Waals surface area contributed by atoms with Crippen LogP contribution in [-0.2, 0) is 9.59 Å². The van der Waals surface area contributed by atoms with Crippen molar-refractivity contribution in [2.24, 2.45) is 11.8 Å². The molecule has 16 heteroatoms. The Kier molecular flexibility index (Phi) is 9.97. The second-order valence-corrected chi connectivity index (χ2v) is 12.6. The Bertz CT molecular complexity index is 1650. The van der Waals surface area contributed by atoms with Crippen molar-refractivity contribution in [2.75, 3.05) is 16.0 Å². The Balaban J connectivity index is 1.49. The number of benzene rings is 3. The summed E-state index contributed by atoms with van der Waals surface area (Å²) in [4.78, 5) is 38.2. The van der Waals surface area contributed by atoms with Crippen LogP contribution in [0.4, 0.5) is 39.0 Å². The zero-order valence-corrected chi connectivity index (χ0v) is 25.8. The summed E-state index contributed by atoms with van der Waals surface area (Å²) in [7, 11) is 0. The highest BCUT2D eigenvalue weighted by molar-refractivity contribution is 6.53. The van der Waals surface area contributed by atoms with Crippen LogP contribution in [-0.4, -0.2) is 28.2 Å². The highest BCUT2D eigenvalue weighted by Crippen LogP contribution is 2.65. The Hall–Kier alpha value is -2.83. The summed E-state index contributed by atoms with van der Waals surface area (Å²) >= 11 is 30.9. The lowest BCUT2D eigenvalue weighted by atomic mass is 10.1. The van der Waals surface area contributed by atoms with E-state index < -0.39 is 75.4 Å². The van der Waals surface area contributed by atoms with Crippen LogP contribution < -0.4 is 16.0 Å². The van der Waals surface area contributed by atoms with Crippen molar-refractivity contribution in [1.29, 1.82) is 0 Å². The third-order valence-electron chi connectivity index (χ3n) is 6.69. The lowest BCUT2D eigenvalue weighted by molar-refractivity contribution is -0.150. The van der Waals surface area contributed by atoms with Crippen molar-refractivity contribution in [3.05, 3.63) is 86.4 Å². The maximum atomic E-state index is 15.1. The molecule has 4 rings (SSSR count). The van der Waals surface area contributed by atoms with E-state index in [0.717, 1.165) is 13.0 Å². The van der Waals surface area contributed by atoms with Gasteiger partial charge in [0.15, 0.2) is 5.82 Å². The molecule has 0 radical (unpaired) electrons. The van der Waals surface area contributed by atoms with Gasteiger partial charge in [-0.05, 0) is 48.0 Å². The van der Waals surface area contributed by atoms with Gasteiger partial charge in [0.2, 0.25) is 11.8 Å². The number of hydrogen-bond acceptors (Lipinski definition) is 3. The number of amides is 3. The minimum Gasteiger partial charge on any atom is -0.326 e. The molecule has 3 aromatic carbocycles. The van der Waals surface area contributed by atoms with E-state index >= 15 is 4.39 Å². The van der Waals surface area contributed by atoms with Gasteiger partial charge in [0.05, 0.1) is 38.7 Å². The molecule has 1 aliphatic rings. The molecule has 3 amide bonds. The summed E-state index contributed by atoms with van der Waals surface area (Å²) < 4.78 is 65.8. The maximum absolute atomic E-state index is 15.1. The molecule has 0 spiro atoms. The van der Waals surface area contributed by atoms with E-state index in [1.165, 1.54) is 24.3 Å². The molecule has 1 unspecified atom stereocenters. The van der Waals surface area contributed by atoms with Crippen molar-refractivity contribution in [1.82, 2.24) is 0 Å². The predicted octanol–water partition coefficient (Wildman–Crippen LogP) is 9.23. The van der Waals surface area contributed by atoms with Crippen LogP contribution in [0.3, 0.4) is 0 Å². The minimum atomic E-state index is -4.68. The first-order valence-corrected chi connectivity index (χ1v) is 14.4. The number of anilines is 3. The Morgan fingerprint density at radius 1 is 0.886 bits per heavy atom. The van der Waals surface area contributed by atoms with E-state index in [1.54, 1.807) is 17.4 Å². The smallest absolute Gasteiger partial charge is 0.326 e. The number of carbonyl (C=O) groups is 3. The van der Waals surface area contributed by atoms with Gasteiger partial charge in [0, 0.05) is 17.5 Å². The van der Waals surface area contributed by atoms with E-state index in [0.29, 0.717) is 16.7 Å². The fraction of sp³-hybridized carbons (Fsp3) is 0.250. The number of halogens is 10. The van der Waals surface area contributed by atoms with Gasteiger partial charge < -0.3 is 16.0 Å². The summed E-state index contributed by atoms with van der Waals surface area (Å²) in [6, 6.07) is 10.1. The molecule has 3 aromatic rings. The molecule has 0 heterocycles. The average molecular weight is 718 g/mol. The van der Waals surface area contributed by atoms with Crippen LogP contribution in [0, 0.1) is 23.5 Å². The second-order valence-electron chi connectivity index (χ2n) is 9.93. The van der Waals surface area contributed by atoms with E-state index in [-0.39, 0.29) is 21.3 Å². The monoisotopic (exact) mass is 715 g/mol. The maximum Gasteiger partial charge on any atom is 0.389 e. The number of alkyl halides is 5. The lowest BCUT2D eigenvalue weighted by Gasteiger charge is -2.16.